The highest BCUT2D eigenvalue weighted by molar-refractivity contribution is 5.98. The van der Waals surface area contributed by atoms with E-state index in [-0.39, 0.29) is 17.9 Å². The standard InChI is InChI=1S/C25H30N2O3/c28-16-22(24(29)26-17-10-4-2-1-3-5-11-17)27-25(30)23-20-14-8-6-12-18(20)19-13-7-9-15-21(19)23/h6-9,12-15,17,22-23,28H,1-5,10-11,16H2,(H,26,29)(H,27,30). The first-order chi connectivity index (χ1) is 14.7. The first-order valence-corrected chi connectivity index (χ1v) is 11.1. The molecule has 0 heterocycles. The van der Waals surface area contributed by atoms with Gasteiger partial charge in [0.05, 0.1) is 12.5 Å². The summed E-state index contributed by atoms with van der Waals surface area (Å²) < 4.78 is 0. The van der Waals surface area contributed by atoms with Crippen LogP contribution >= 0.6 is 0 Å². The second-order valence-corrected chi connectivity index (χ2v) is 8.40. The van der Waals surface area contributed by atoms with Crippen LogP contribution in [0.3, 0.4) is 0 Å². The molecule has 2 aliphatic rings. The summed E-state index contributed by atoms with van der Waals surface area (Å²) in [6.07, 6.45) is 7.80. The lowest BCUT2D eigenvalue weighted by molar-refractivity contribution is -0.130. The largest absolute Gasteiger partial charge is 0.394 e. The van der Waals surface area contributed by atoms with Crippen molar-refractivity contribution in [2.24, 2.45) is 0 Å². The maximum atomic E-state index is 13.2. The van der Waals surface area contributed by atoms with Gasteiger partial charge >= 0.3 is 0 Å². The molecule has 0 bridgehead atoms. The fraction of sp³-hybridized carbons (Fsp3) is 0.440. The first-order valence-electron chi connectivity index (χ1n) is 11.1. The Morgan fingerprint density at radius 3 is 1.97 bits per heavy atom. The van der Waals surface area contributed by atoms with Crippen molar-refractivity contribution >= 4 is 11.8 Å². The molecule has 0 radical (unpaired) electrons. The smallest absolute Gasteiger partial charge is 0.245 e. The topological polar surface area (TPSA) is 78.4 Å². The molecule has 0 spiro atoms. The minimum atomic E-state index is -0.942. The van der Waals surface area contributed by atoms with Gasteiger partial charge in [0.1, 0.15) is 6.04 Å². The number of carbonyl (C=O) groups is 2. The summed E-state index contributed by atoms with van der Waals surface area (Å²) in [7, 11) is 0. The van der Waals surface area contributed by atoms with Gasteiger partial charge in [-0.25, -0.2) is 0 Å². The summed E-state index contributed by atoms with van der Waals surface area (Å²) in [5, 5.41) is 15.7. The highest BCUT2D eigenvalue weighted by Crippen LogP contribution is 2.44. The van der Waals surface area contributed by atoms with Crippen LogP contribution < -0.4 is 10.6 Å². The van der Waals surface area contributed by atoms with E-state index in [1.165, 1.54) is 19.3 Å². The Balaban J connectivity index is 1.47. The first kappa shape index (κ1) is 20.6. The Hall–Kier alpha value is -2.66. The SMILES string of the molecule is O=C(NC1CCCCCCC1)C(CO)NC(=O)C1c2ccccc2-c2ccccc21. The molecule has 1 unspecified atom stereocenters. The molecule has 30 heavy (non-hydrogen) atoms. The molecule has 2 aliphatic carbocycles. The molecular formula is C25H30N2O3. The third-order valence-corrected chi connectivity index (χ3v) is 6.36. The van der Waals surface area contributed by atoms with E-state index in [0.717, 1.165) is 47.9 Å². The van der Waals surface area contributed by atoms with Crippen molar-refractivity contribution in [3.8, 4) is 11.1 Å². The van der Waals surface area contributed by atoms with Crippen molar-refractivity contribution in [2.75, 3.05) is 6.61 Å². The molecule has 5 nitrogen and oxygen atoms in total. The van der Waals surface area contributed by atoms with Crippen LogP contribution in [-0.2, 0) is 9.59 Å². The van der Waals surface area contributed by atoms with E-state index < -0.39 is 18.6 Å². The van der Waals surface area contributed by atoms with E-state index in [1.54, 1.807) is 0 Å². The summed E-state index contributed by atoms with van der Waals surface area (Å²) in [6.45, 7) is -0.416. The summed E-state index contributed by atoms with van der Waals surface area (Å²) in [5.41, 5.74) is 3.97. The fourth-order valence-electron chi connectivity index (χ4n) is 4.79. The molecule has 0 aromatic heterocycles. The van der Waals surface area contributed by atoms with Gasteiger partial charge in [-0.15, -0.1) is 0 Å². The highest BCUT2D eigenvalue weighted by atomic mass is 16.3. The van der Waals surface area contributed by atoms with Crippen molar-refractivity contribution in [3.63, 3.8) is 0 Å². The lowest BCUT2D eigenvalue weighted by Crippen LogP contribution is -2.52. The maximum Gasteiger partial charge on any atom is 0.245 e. The van der Waals surface area contributed by atoms with Crippen molar-refractivity contribution < 1.29 is 14.7 Å². The molecule has 2 aromatic carbocycles. The van der Waals surface area contributed by atoms with Gasteiger partial charge in [-0.1, -0.05) is 80.6 Å². The minimum absolute atomic E-state index is 0.122. The number of hydrogen-bond donors (Lipinski definition) is 3. The number of hydrogen-bond acceptors (Lipinski definition) is 3. The number of aliphatic hydroxyl groups is 1. The van der Waals surface area contributed by atoms with Gasteiger partial charge in [-0.05, 0) is 35.1 Å². The molecule has 1 fully saturated rings. The predicted molar refractivity (Wildman–Crippen MR) is 117 cm³/mol. The van der Waals surface area contributed by atoms with Crippen molar-refractivity contribution in [1.82, 2.24) is 10.6 Å². The van der Waals surface area contributed by atoms with Gasteiger partial charge in [0.2, 0.25) is 11.8 Å². The molecule has 5 heteroatoms. The van der Waals surface area contributed by atoms with Crippen LogP contribution in [0.25, 0.3) is 11.1 Å². The zero-order valence-electron chi connectivity index (χ0n) is 17.3. The molecule has 158 valence electrons. The third kappa shape index (κ3) is 4.26. The van der Waals surface area contributed by atoms with Crippen LogP contribution in [0.4, 0.5) is 0 Å². The van der Waals surface area contributed by atoms with Gasteiger partial charge in [0.25, 0.3) is 0 Å². The molecular weight excluding hydrogens is 376 g/mol. The monoisotopic (exact) mass is 406 g/mol. The van der Waals surface area contributed by atoms with Crippen molar-refractivity contribution in [1.29, 1.82) is 0 Å². The normalized spacial score (nSPS) is 17.9. The van der Waals surface area contributed by atoms with Gasteiger partial charge in [-0.2, -0.15) is 0 Å². The van der Waals surface area contributed by atoms with Gasteiger partial charge in [-0.3, -0.25) is 9.59 Å². The number of amides is 2. The molecule has 1 atom stereocenters. The Bertz CT molecular complexity index is 857. The number of fused-ring (bicyclic) bond motifs is 3. The van der Waals surface area contributed by atoms with E-state index in [2.05, 4.69) is 10.6 Å². The van der Waals surface area contributed by atoms with Gasteiger partial charge in [0.15, 0.2) is 0 Å². The van der Waals surface area contributed by atoms with Gasteiger partial charge < -0.3 is 15.7 Å². The average molecular weight is 407 g/mol. The summed E-state index contributed by atoms with van der Waals surface area (Å²) in [6, 6.07) is 14.9. The fourth-order valence-corrected chi connectivity index (χ4v) is 4.79. The second-order valence-electron chi connectivity index (χ2n) is 8.40. The second kappa shape index (κ2) is 9.43. The molecule has 0 saturated heterocycles. The number of carbonyl (C=O) groups excluding carboxylic acids is 2. The Labute approximate surface area is 177 Å². The summed E-state index contributed by atoms with van der Waals surface area (Å²) in [4.78, 5) is 26.0. The van der Waals surface area contributed by atoms with Crippen LogP contribution in [0.1, 0.15) is 62.0 Å². The molecule has 1 saturated carbocycles. The average Bonchev–Trinajstić information content (AvgIpc) is 3.08. The molecule has 4 rings (SSSR count). The van der Waals surface area contributed by atoms with Crippen LogP contribution in [0.5, 0.6) is 0 Å². The highest BCUT2D eigenvalue weighted by Gasteiger charge is 2.35. The quantitative estimate of drug-likeness (QED) is 0.711. The predicted octanol–water partition coefficient (Wildman–Crippen LogP) is 3.51. The number of rotatable bonds is 5. The van der Waals surface area contributed by atoms with E-state index in [9.17, 15) is 14.7 Å². The molecule has 0 aliphatic heterocycles. The maximum absolute atomic E-state index is 13.2. The van der Waals surface area contributed by atoms with E-state index in [4.69, 9.17) is 0 Å². The summed E-state index contributed by atoms with van der Waals surface area (Å²) >= 11 is 0. The third-order valence-electron chi connectivity index (χ3n) is 6.36. The van der Waals surface area contributed by atoms with Crippen LogP contribution in [-0.4, -0.2) is 35.6 Å². The van der Waals surface area contributed by atoms with Crippen LogP contribution in [0.2, 0.25) is 0 Å². The Morgan fingerprint density at radius 2 is 1.40 bits per heavy atom. The van der Waals surface area contributed by atoms with E-state index in [1.807, 2.05) is 48.5 Å². The lowest BCUT2D eigenvalue weighted by Gasteiger charge is -2.25. The molecule has 2 amide bonds. The zero-order valence-corrected chi connectivity index (χ0v) is 17.3. The number of aliphatic hydroxyl groups excluding tert-OH is 1. The number of nitrogens with one attached hydrogen (secondary N) is 2. The van der Waals surface area contributed by atoms with Crippen molar-refractivity contribution in [3.05, 3.63) is 59.7 Å². The Morgan fingerprint density at radius 1 is 0.867 bits per heavy atom. The van der Waals surface area contributed by atoms with E-state index in [0.29, 0.717) is 0 Å². The summed E-state index contributed by atoms with van der Waals surface area (Å²) in [5.74, 6) is -1.02. The Kier molecular flexibility index (Phi) is 6.48. The van der Waals surface area contributed by atoms with Crippen LogP contribution in [0, 0.1) is 0 Å². The zero-order chi connectivity index (χ0) is 20.9. The van der Waals surface area contributed by atoms with Gasteiger partial charge in [0, 0.05) is 6.04 Å². The lowest BCUT2D eigenvalue weighted by atomic mass is 9.95. The molecule has 3 N–H and O–H groups in total. The van der Waals surface area contributed by atoms with Crippen molar-refractivity contribution in [2.45, 2.75) is 62.9 Å². The molecule has 2 aromatic rings. The number of benzene rings is 2. The van der Waals surface area contributed by atoms with E-state index >= 15 is 0 Å². The van der Waals surface area contributed by atoms with Crippen LogP contribution in [0.15, 0.2) is 48.5 Å². The minimum Gasteiger partial charge on any atom is -0.394 e.